The van der Waals surface area contributed by atoms with Gasteiger partial charge in [0.15, 0.2) is 0 Å². The summed E-state index contributed by atoms with van der Waals surface area (Å²) in [5, 5.41) is 5.89. The largest absolute Gasteiger partial charge is 0.368 e. The van der Waals surface area contributed by atoms with Gasteiger partial charge in [-0.2, -0.15) is 4.98 Å². The van der Waals surface area contributed by atoms with Crippen molar-refractivity contribution in [3.05, 3.63) is 12.3 Å². The highest BCUT2D eigenvalue weighted by Crippen LogP contribution is 2.09. The fourth-order valence-electron chi connectivity index (χ4n) is 1.43. The van der Waals surface area contributed by atoms with Crippen molar-refractivity contribution in [2.24, 2.45) is 0 Å². The minimum absolute atomic E-state index is 0.417. The van der Waals surface area contributed by atoms with Crippen molar-refractivity contribution in [2.75, 3.05) is 30.5 Å². The number of aromatic nitrogens is 2. The quantitative estimate of drug-likeness (QED) is 0.688. The monoisotopic (exact) mass is 273 g/mol. The Labute approximate surface area is 107 Å². The van der Waals surface area contributed by atoms with E-state index in [-0.39, 0.29) is 0 Å². The highest BCUT2D eigenvalue weighted by molar-refractivity contribution is 7.88. The second-order valence-electron chi connectivity index (χ2n) is 4.63. The van der Waals surface area contributed by atoms with E-state index in [1.807, 2.05) is 0 Å². The van der Waals surface area contributed by atoms with Gasteiger partial charge in [-0.3, -0.25) is 0 Å². The Morgan fingerprint density at radius 3 is 2.61 bits per heavy atom. The van der Waals surface area contributed by atoms with Gasteiger partial charge in [-0.15, -0.1) is 0 Å². The van der Waals surface area contributed by atoms with Crippen LogP contribution in [0.15, 0.2) is 12.3 Å². The fourth-order valence-corrected chi connectivity index (χ4v) is 2.50. The van der Waals surface area contributed by atoms with Crippen molar-refractivity contribution in [3.8, 4) is 0 Å². The summed E-state index contributed by atoms with van der Waals surface area (Å²) in [7, 11) is -1.50. The number of nitrogens with one attached hydrogen (secondary N) is 3. The molecule has 1 heterocycles. The van der Waals surface area contributed by atoms with E-state index >= 15 is 0 Å². The van der Waals surface area contributed by atoms with Gasteiger partial charge in [0.05, 0.1) is 6.26 Å². The molecule has 18 heavy (non-hydrogen) atoms. The molecule has 1 aromatic heterocycles. The molecule has 0 aliphatic rings. The molecule has 0 amide bonds. The van der Waals surface area contributed by atoms with Crippen LogP contribution in [0.3, 0.4) is 0 Å². The van der Waals surface area contributed by atoms with Crippen LogP contribution < -0.4 is 15.4 Å². The molecule has 0 unspecified atom stereocenters. The maximum Gasteiger partial charge on any atom is 0.224 e. The predicted octanol–water partition coefficient (Wildman–Crippen LogP) is 0.258. The van der Waals surface area contributed by atoms with Gasteiger partial charge in [-0.05, 0) is 19.9 Å². The second kappa shape index (κ2) is 5.49. The number of hydrogen-bond donors (Lipinski definition) is 3. The highest BCUT2D eigenvalue weighted by Gasteiger charge is 2.21. The molecule has 1 aromatic rings. The van der Waals surface area contributed by atoms with Gasteiger partial charge < -0.3 is 10.6 Å². The molecule has 0 saturated heterocycles. The molecule has 3 N–H and O–H groups in total. The van der Waals surface area contributed by atoms with Crippen LogP contribution in [-0.4, -0.2) is 43.8 Å². The lowest BCUT2D eigenvalue weighted by Crippen LogP contribution is -2.47. The summed E-state index contributed by atoms with van der Waals surface area (Å²) >= 11 is 0. The molecule has 1 rings (SSSR count). The summed E-state index contributed by atoms with van der Waals surface area (Å²) in [4.78, 5) is 8.17. The molecule has 0 aliphatic heterocycles. The van der Waals surface area contributed by atoms with Crippen molar-refractivity contribution in [1.82, 2.24) is 14.7 Å². The van der Waals surface area contributed by atoms with E-state index in [1.54, 1.807) is 33.2 Å². The molecule has 8 heteroatoms. The smallest absolute Gasteiger partial charge is 0.224 e. The minimum Gasteiger partial charge on any atom is -0.368 e. The van der Waals surface area contributed by atoms with E-state index in [9.17, 15) is 8.42 Å². The number of nitrogens with zero attached hydrogens (tertiary/aromatic N) is 2. The summed E-state index contributed by atoms with van der Waals surface area (Å²) in [6.07, 6.45) is 2.76. The average molecular weight is 273 g/mol. The van der Waals surface area contributed by atoms with E-state index in [2.05, 4.69) is 25.3 Å². The average Bonchev–Trinajstić information content (AvgIpc) is 2.24. The zero-order chi connectivity index (χ0) is 13.8. The van der Waals surface area contributed by atoms with Gasteiger partial charge in [-0.25, -0.2) is 18.1 Å². The van der Waals surface area contributed by atoms with E-state index < -0.39 is 15.6 Å². The molecule has 0 atom stereocenters. The van der Waals surface area contributed by atoms with E-state index in [0.717, 1.165) is 6.26 Å². The van der Waals surface area contributed by atoms with Gasteiger partial charge in [0, 0.05) is 25.3 Å². The topological polar surface area (TPSA) is 96.0 Å². The van der Waals surface area contributed by atoms with Crippen LogP contribution in [0.5, 0.6) is 0 Å². The Morgan fingerprint density at radius 1 is 1.39 bits per heavy atom. The molecule has 7 nitrogen and oxygen atoms in total. The number of anilines is 2. The first-order chi connectivity index (χ1) is 8.22. The summed E-state index contributed by atoms with van der Waals surface area (Å²) < 4.78 is 24.9. The number of sulfonamides is 1. The maximum atomic E-state index is 11.2. The SMILES string of the molecule is CNc1nccc(NCC(C)(C)NS(C)(=O)=O)n1. The van der Waals surface area contributed by atoms with Crippen molar-refractivity contribution >= 4 is 21.8 Å². The Hall–Kier alpha value is -1.41. The predicted molar refractivity (Wildman–Crippen MR) is 72.1 cm³/mol. The summed E-state index contributed by atoms with van der Waals surface area (Å²) in [5.41, 5.74) is -0.599. The van der Waals surface area contributed by atoms with E-state index in [1.165, 1.54) is 0 Å². The van der Waals surface area contributed by atoms with Gasteiger partial charge in [-0.1, -0.05) is 0 Å². The highest BCUT2D eigenvalue weighted by atomic mass is 32.2. The molecule has 0 spiro atoms. The van der Waals surface area contributed by atoms with Crippen LogP contribution in [0.25, 0.3) is 0 Å². The molecule has 0 bridgehead atoms. The molecule has 0 radical (unpaired) electrons. The van der Waals surface area contributed by atoms with Gasteiger partial charge in [0.1, 0.15) is 5.82 Å². The zero-order valence-electron chi connectivity index (χ0n) is 11.0. The lowest BCUT2D eigenvalue weighted by atomic mass is 10.1. The third-order valence-electron chi connectivity index (χ3n) is 2.05. The van der Waals surface area contributed by atoms with Crippen LogP contribution in [-0.2, 0) is 10.0 Å². The van der Waals surface area contributed by atoms with Crippen LogP contribution in [0, 0.1) is 0 Å². The lowest BCUT2D eigenvalue weighted by Gasteiger charge is -2.25. The number of rotatable bonds is 6. The van der Waals surface area contributed by atoms with Crippen molar-refractivity contribution in [2.45, 2.75) is 19.4 Å². The Kier molecular flexibility index (Phi) is 4.47. The third-order valence-corrected chi connectivity index (χ3v) is 2.98. The first kappa shape index (κ1) is 14.7. The van der Waals surface area contributed by atoms with E-state index in [0.29, 0.717) is 18.3 Å². The maximum absolute atomic E-state index is 11.2. The van der Waals surface area contributed by atoms with Crippen LogP contribution in [0.2, 0.25) is 0 Å². The second-order valence-corrected chi connectivity index (χ2v) is 6.38. The minimum atomic E-state index is -3.23. The fraction of sp³-hybridized carbons (Fsp3) is 0.600. The third kappa shape index (κ3) is 5.28. The molecule has 0 saturated carbocycles. The summed E-state index contributed by atoms with van der Waals surface area (Å²) in [5.74, 6) is 1.15. The molecule has 0 fully saturated rings. The van der Waals surface area contributed by atoms with Crippen LogP contribution in [0.1, 0.15) is 13.8 Å². The van der Waals surface area contributed by atoms with Gasteiger partial charge in [0.25, 0.3) is 0 Å². The molecule has 102 valence electrons. The number of hydrogen-bond acceptors (Lipinski definition) is 6. The Balaban J connectivity index is 2.63. The van der Waals surface area contributed by atoms with E-state index in [4.69, 9.17) is 0 Å². The Bertz CT molecular complexity index is 501. The molecule has 0 aromatic carbocycles. The normalized spacial score (nSPS) is 12.2. The molecule has 0 aliphatic carbocycles. The van der Waals surface area contributed by atoms with Gasteiger partial charge in [0.2, 0.25) is 16.0 Å². The molecular formula is C10H19N5O2S. The van der Waals surface area contributed by atoms with Crippen molar-refractivity contribution < 1.29 is 8.42 Å². The van der Waals surface area contributed by atoms with Crippen molar-refractivity contribution in [3.63, 3.8) is 0 Å². The standard InChI is InChI=1S/C10H19N5O2S/c1-10(2,15-18(4,16)17)7-13-8-5-6-12-9(11-3)14-8/h5-6,15H,7H2,1-4H3,(H2,11,12,13,14). The lowest BCUT2D eigenvalue weighted by molar-refractivity contribution is 0.476. The first-order valence-corrected chi connectivity index (χ1v) is 7.35. The molecular weight excluding hydrogens is 254 g/mol. The van der Waals surface area contributed by atoms with Gasteiger partial charge >= 0.3 is 0 Å². The van der Waals surface area contributed by atoms with Crippen molar-refractivity contribution in [1.29, 1.82) is 0 Å². The first-order valence-electron chi connectivity index (χ1n) is 5.45. The zero-order valence-corrected chi connectivity index (χ0v) is 11.8. The van der Waals surface area contributed by atoms with Crippen LogP contribution >= 0.6 is 0 Å². The van der Waals surface area contributed by atoms with Crippen LogP contribution in [0.4, 0.5) is 11.8 Å². The summed E-state index contributed by atoms with van der Waals surface area (Å²) in [6, 6.07) is 1.72. The summed E-state index contributed by atoms with van der Waals surface area (Å²) in [6.45, 7) is 4.00. The Morgan fingerprint density at radius 2 is 2.06 bits per heavy atom.